The van der Waals surface area contributed by atoms with E-state index in [0.717, 1.165) is 13.0 Å². The maximum atomic E-state index is 5.59. The quantitative estimate of drug-likeness (QED) is 0.176. The first kappa shape index (κ1) is 26.5. The van der Waals surface area contributed by atoms with Gasteiger partial charge < -0.3 is 23.7 Å². The largest absolute Gasteiger partial charge is 0.379 e. The fraction of sp³-hybridized carbons (Fsp3) is 0.909. The molecule has 0 atom stereocenters. The molecule has 0 spiro atoms. The SMILES string of the molecule is C=CCOCCOCCOCCOCCOCCCCCCCCCCC. The molecule has 27 heavy (non-hydrogen) atoms. The van der Waals surface area contributed by atoms with E-state index in [1.54, 1.807) is 6.08 Å². The van der Waals surface area contributed by atoms with E-state index in [0.29, 0.717) is 59.5 Å². The lowest BCUT2D eigenvalue weighted by Crippen LogP contribution is -2.13. The summed E-state index contributed by atoms with van der Waals surface area (Å²) in [6.45, 7) is 12.1. The molecule has 5 nitrogen and oxygen atoms in total. The van der Waals surface area contributed by atoms with Gasteiger partial charge in [0.2, 0.25) is 0 Å². The maximum absolute atomic E-state index is 5.59. The minimum absolute atomic E-state index is 0.570. The van der Waals surface area contributed by atoms with Gasteiger partial charge in [-0.05, 0) is 6.42 Å². The van der Waals surface area contributed by atoms with E-state index >= 15 is 0 Å². The van der Waals surface area contributed by atoms with E-state index in [4.69, 9.17) is 23.7 Å². The zero-order chi connectivity index (χ0) is 19.7. The second-order valence-electron chi connectivity index (χ2n) is 6.64. The average molecular weight is 389 g/mol. The summed E-state index contributed by atoms with van der Waals surface area (Å²) in [5.74, 6) is 0. The summed E-state index contributed by atoms with van der Waals surface area (Å²) >= 11 is 0. The van der Waals surface area contributed by atoms with Crippen LogP contribution in [0.2, 0.25) is 0 Å². The van der Waals surface area contributed by atoms with Crippen molar-refractivity contribution in [2.45, 2.75) is 64.7 Å². The van der Waals surface area contributed by atoms with Crippen LogP contribution in [0.15, 0.2) is 12.7 Å². The van der Waals surface area contributed by atoms with E-state index in [1.807, 2.05) is 0 Å². The van der Waals surface area contributed by atoms with Crippen molar-refractivity contribution >= 4 is 0 Å². The fourth-order valence-electron chi connectivity index (χ4n) is 2.56. The smallest absolute Gasteiger partial charge is 0.0704 e. The van der Waals surface area contributed by atoms with Crippen molar-refractivity contribution in [1.29, 1.82) is 0 Å². The summed E-state index contributed by atoms with van der Waals surface area (Å²) < 4.78 is 27.1. The summed E-state index contributed by atoms with van der Waals surface area (Å²) in [7, 11) is 0. The molecule has 0 aromatic carbocycles. The minimum atomic E-state index is 0.570. The summed E-state index contributed by atoms with van der Waals surface area (Å²) in [6, 6.07) is 0. The highest BCUT2D eigenvalue weighted by molar-refractivity contribution is 4.63. The molecule has 162 valence electrons. The van der Waals surface area contributed by atoms with Gasteiger partial charge in [-0.3, -0.25) is 0 Å². The van der Waals surface area contributed by atoms with Gasteiger partial charge in [0.05, 0.1) is 59.5 Å². The Labute approximate surface area is 167 Å². The third kappa shape index (κ3) is 25.5. The predicted molar refractivity (Wildman–Crippen MR) is 112 cm³/mol. The highest BCUT2D eigenvalue weighted by Gasteiger charge is 1.95. The summed E-state index contributed by atoms with van der Waals surface area (Å²) in [5, 5.41) is 0. The van der Waals surface area contributed by atoms with Crippen molar-refractivity contribution in [1.82, 2.24) is 0 Å². The number of hydrogen-bond acceptors (Lipinski definition) is 5. The first-order valence-corrected chi connectivity index (χ1v) is 10.9. The van der Waals surface area contributed by atoms with Crippen molar-refractivity contribution in [3.05, 3.63) is 12.7 Å². The zero-order valence-electron chi connectivity index (χ0n) is 17.8. The second-order valence-corrected chi connectivity index (χ2v) is 6.64. The second kappa shape index (κ2) is 25.5. The zero-order valence-corrected chi connectivity index (χ0v) is 17.8. The molecular weight excluding hydrogens is 344 g/mol. The Kier molecular flexibility index (Phi) is 25.1. The van der Waals surface area contributed by atoms with Gasteiger partial charge in [-0.2, -0.15) is 0 Å². The maximum Gasteiger partial charge on any atom is 0.0704 e. The van der Waals surface area contributed by atoms with Crippen molar-refractivity contribution in [2.24, 2.45) is 0 Å². The Bertz CT molecular complexity index is 273. The molecule has 5 heteroatoms. The molecule has 0 fully saturated rings. The Morgan fingerprint density at radius 1 is 0.481 bits per heavy atom. The first-order valence-electron chi connectivity index (χ1n) is 10.9. The van der Waals surface area contributed by atoms with Crippen LogP contribution in [-0.4, -0.2) is 66.1 Å². The topological polar surface area (TPSA) is 46.2 Å². The Balaban J connectivity index is 2.96. The summed E-state index contributed by atoms with van der Waals surface area (Å²) in [4.78, 5) is 0. The monoisotopic (exact) mass is 388 g/mol. The number of hydrogen-bond donors (Lipinski definition) is 0. The molecular formula is C22H44O5. The van der Waals surface area contributed by atoms with Gasteiger partial charge >= 0.3 is 0 Å². The molecule has 0 aromatic rings. The number of rotatable bonds is 24. The molecule has 0 rings (SSSR count). The van der Waals surface area contributed by atoms with Gasteiger partial charge in [-0.1, -0.05) is 64.4 Å². The molecule has 0 radical (unpaired) electrons. The Morgan fingerprint density at radius 2 is 0.852 bits per heavy atom. The lowest BCUT2D eigenvalue weighted by Gasteiger charge is -2.07. The van der Waals surface area contributed by atoms with Crippen LogP contribution in [-0.2, 0) is 23.7 Å². The normalized spacial score (nSPS) is 11.1. The summed E-state index contributed by atoms with van der Waals surface area (Å²) in [6.07, 6.45) is 13.8. The molecule has 0 unspecified atom stereocenters. The van der Waals surface area contributed by atoms with Crippen LogP contribution in [0.4, 0.5) is 0 Å². The van der Waals surface area contributed by atoms with Crippen molar-refractivity contribution in [3.63, 3.8) is 0 Å². The van der Waals surface area contributed by atoms with Crippen LogP contribution >= 0.6 is 0 Å². The fourth-order valence-corrected chi connectivity index (χ4v) is 2.56. The van der Waals surface area contributed by atoms with Crippen LogP contribution in [0.5, 0.6) is 0 Å². The molecule has 0 aliphatic rings. The van der Waals surface area contributed by atoms with E-state index in [9.17, 15) is 0 Å². The van der Waals surface area contributed by atoms with E-state index in [-0.39, 0.29) is 0 Å². The Morgan fingerprint density at radius 3 is 1.30 bits per heavy atom. The molecule has 0 saturated carbocycles. The standard InChI is InChI=1S/C22H44O5/c1-3-5-6-7-8-9-10-11-12-14-24-16-18-26-20-22-27-21-19-25-17-15-23-13-4-2/h4H,2-3,5-22H2,1H3. The third-order valence-corrected chi connectivity index (χ3v) is 4.12. The first-order chi connectivity index (χ1) is 13.4. The van der Waals surface area contributed by atoms with Gasteiger partial charge in [0, 0.05) is 6.61 Å². The van der Waals surface area contributed by atoms with Gasteiger partial charge in [-0.25, -0.2) is 0 Å². The van der Waals surface area contributed by atoms with E-state index in [2.05, 4.69) is 13.5 Å². The van der Waals surface area contributed by atoms with E-state index < -0.39 is 0 Å². The Hall–Kier alpha value is -0.460. The highest BCUT2D eigenvalue weighted by Crippen LogP contribution is 2.09. The minimum Gasteiger partial charge on any atom is -0.379 e. The van der Waals surface area contributed by atoms with Gasteiger partial charge in [0.15, 0.2) is 0 Å². The van der Waals surface area contributed by atoms with Crippen molar-refractivity contribution in [2.75, 3.05) is 66.1 Å². The average Bonchev–Trinajstić information content (AvgIpc) is 2.68. The predicted octanol–water partition coefficient (Wildman–Crippen LogP) is 4.79. The molecule has 0 amide bonds. The summed E-state index contributed by atoms with van der Waals surface area (Å²) in [5.41, 5.74) is 0. The molecule has 0 saturated heterocycles. The van der Waals surface area contributed by atoms with Crippen LogP contribution in [0, 0.1) is 0 Å². The van der Waals surface area contributed by atoms with Crippen LogP contribution in [0.1, 0.15) is 64.7 Å². The lowest BCUT2D eigenvalue weighted by molar-refractivity contribution is -0.00958. The lowest BCUT2D eigenvalue weighted by atomic mass is 10.1. The third-order valence-electron chi connectivity index (χ3n) is 4.12. The van der Waals surface area contributed by atoms with Gasteiger partial charge in [0.25, 0.3) is 0 Å². The molecule has 0 aromatic heterocycles. The van der Waals surface area contributed by atoms with Crippen molar-refractivity contribution < 1.29 is 23.7 Å². The van der Waals surface area contributed by atoms with Crippen LogP contribution in [0.3, 0.4) is 0 Å². The number of ether oxygens (including phenoxy) is 5. The highest BCUT2D eigenvalue weighted by atomic mass is 16.6. The molecule has 0 bridgehead atoms. The van der Waals surface area contributed by atoms with Crippen LogP contribution < -0.4 is 0 Å². The van der Waals surface area contributed by atoms with Crippen molar-refractivity contribution in [3.8, 4) is 0 Å². The number of unbranched alkanes of at least 4 members (excludes halogenated alkanes) is 8. The van der Waals surface area contributed by atoms with Gasteiger partial charge in [-0.15, -0.1) is 6.58 Å². The molecule has 0 N–H and O–H groups in total. The van der Waals surface area contributed by atoms with E-state index in [1.165, 1.54) is 51.4 Å². The molecule has 0 heterocycles. The van der Waals surface area contributed by atoms with Gasteiger partial charge in [0.1, 0.15) is 0 Å². The molecule has 0 aliphatic carbocycles. The van der Waals surface area contributed by atoms with Crippen LogP contribution in [0.25, 0.3) is 0 Å². The molecule has 0 aliphatic heterocycles.